The van der Waals surface area contributed by atoms with E-state index in [1.54, 1.807) is 56.6 Å². The van der Waals surface area contributed by atoms with Crippen LogP contribution >= 0.6 is 11.6 Å². The lowest BCUT2D eigenvalue weighted by Gasteiger charge is -2.11. The summed E-state index contributed by atoms with van der Waals surface area (Å²) in [6, 6.07) is 13.5. The largest absolute Gasteiger partial charge is 0.350 e. The van der Waals surface area contributed by atoms with Crippen molar-refractivity contribution in [3.8, 4) is 0 Å². The van der Waals surface area contributed by atoms with Gasteiger partial charge in [0, 0.05) is 36.8 Å². The van der Waals surface area contributed by atoms with E-state index in [-0.39, 0.29) is 24.3 Å². The zero-order chi connectivity index (χ0) is 19.1. The summed E-state index contributed by atoms with van der Waals surface area (Å²) in [5, 5.41) is 5.71. The number of nitrogens with zero attached hydrogens (tertiary/aromatic N) is 1. The Morgan fingerprint density at radius 3 is 2.27 bits per heavy atom. The van der Waals surface area contributed by atoms with Gasteiger partial charge >= 0.3 is 0 Å². The third-order valence-electron chi connectivity index (χ3n) is 3.59. The van der Waals surface area contributed by atoms with Gasteiger partial charge in [0.1, 0.15) is 0 Å². The van der Waals surface area contributed by atoms with Crippen molar-refractivity contribution in [2.75, 3.05) is 20.6 Å². The Kier molecular flexibility index (Phi) is 6.74. The standard InChI is InChI=1S/C19H20ClN3O3/c1-23(2)19(26)14-8-6-13(7-9-14)11-21-17(24)12-22-18(25)15-4-3-5-16(20)10-15/h3-10H,11-12H2,1-2H3,(H,21,24)(H,22,25). The molecule has 2 aromatic carbocycles. The van der Waals surface area contributed by atoms with Crippen molar-refractivity contribution >= 4 is 29.3 Å². The Morgan fingerprint density at radius 2 is 1.65 bits per heavy atom. The molecule has 0 fully saturated rings. The molecule has 26 heavy (non-hydrogen) atoms. The first kappa shape index (κ1) is 19.5. The van der Waals surface area contributed by atoms with Crippen LogP contribution in [0.1, 0.15) is 26.3 Å². The number of hydrogen-bond acceptors (Lipinski definition) is 3. The monoisotopic (exact) mass is 373 g/mol. The molecule has 0 radical (unpaired) electrons. The van der Waals surface area contributed by atoms with E-state index in [2.05, 4.69) is 10.6 Å². The Morgan fingerprint density at radius 1 is 0.962 bits per heavy atom. The Labute approximate surface area is 157 Å². The Bertz CT molecular complexity index is 804. The third-order valence-corrected chi connectivity index (χ3v) is 3.83. The first-order valence-corrected chi connectivity index (χ1v) is 8.35. The van der Waals surface area contributed by atoms with E-state index in [1.165, 1.54) is 11.0 Å². The molecule has 3 amide bonds. The molecule has 0 unspecified atom stereocenters. The van der Waals surface area contributed by atoms with Crippen LogP contribution in [0.25, 0.3) is 0 Å². The molecular formula is C19H20ClN3O3. The summed E-state index contributed by atoms with van der Waals surface area (Å²) in [5.74, 6) is -0.757. The van der Waals surface area contributed by atoms with Crippen LogP contribution in [0.2, 0.25) is 5.02 Å². The molecule has 0 saturated heterocycles. The van der Waals surface area contributed by atoms with Crippen LogP contribution in [0.4, 0.5) is 0 Å². The first-order valence-electron chi connectivity index (χ1n) is 7.98. The van der Waals surface area contributed by atoms with Gasteiger partial charge in [-0.1, -0.05) is 29.8 Å². The van der Waals surface area contributed by atoms with Gasteiger partial charge < -0.3 is 15.5 Å². The minimum absolute atomic E-state index is 0.0793. The zero-order valence-electron chi connectivity index (χ0n) is 14.6. The van der Waals surface area contributed by atoms with Gasteiger partial charge in [0.15, 0.2) is 0 Å². The summed E-state index contributed by atoms with van der Waals surface area (Å²) in [4.78, 5) is 37.1. The normalized spacial score (nSPS) is 10.1. The number of amides is 3. The highest BCUT2D eigenvalue weighted by molar-refractivity contribution is 6.30. The van der Waals surface area contributed by atoms with Crippen molar-refractivity contribution in [1.82, 2.24) is 15.5 Å². The van der Waals surface area contributed by atoms with Gasteiger partial charge in [-0.3, -0.25) is 14.4 Å². The van der Waals surface area contributed by atoms with Crippen LogP contribution in [-0.2, 0) is 11.3 Å². The second-order valence-electron chi connectivity index (χ2n) is 5.87. The molecule has 0 aliphatic rings. The smallest absolute Gasteiger partial charge is 0.253 e. The van der Waals surface area contributed by atoms with Crippen LogP contribution in [-0.4, -0.2) is 43.3 Å². The van der Waals surface area contributed by atoms with Crippen LogP contribution in [0.5, 0.6) is 0 Å². The number of hydrogen-bond donors (Lipinski definition) is 2. The van der Waals surface area contributed by atoms with E-state index in [0.717, 1.165) is 5.56 Å². The molecule has 0 saturated carbocycles. The van der Waals surface area contributed by atoms with Crippen LogP contribution in [0, 0.1) is 0 Å². The van der Waals surface area contributed by atoms with Crippen molar-refractivity contribution in [2.45, 2.75) is 6.54 Å². The first-order chi connectivity index (χ1) is 12.4. The summed E-state index contributed by atoms with van der Waals surface area (Å²) in [7, 11) is 3.38. The fourth-order valence-electron chi connectivity index (χ4n) is 2.18. The third kappa shape index (κ3) is 5.60. The highest BCUT2D eigenvalue weighted by Crippen LogP contribution is 2.10. The maximum atomic E-state index is 11.9. The van der Waals surface area contributed by atoms with Crippen molar-refractivity contribution in [1.29, 1.82) is 0 Å². The second kappa shape index (κ2) is 9.01. The van der Waals surface area contributed by atoms with Gasteiger partial charge in [-0.15, -0.1) is 0 Å². The van der Waals surface area contributed by atoms with Crippen molar-refractivity contribution in [3.63, 3.8) is 0 Å². The highest BCUT2D eigenvalue weighted by Gasteiger charge is 2.09. The molecule has 7 heteroatoms. The average Bonchev–Trinajstić information content (AvgIpc) is 2.64. The van der Waals surface area contributed by atoms with Crippen molar-refractivity contribution in [2.24, 2.45) is 0 Å². The topological polar surface area (TPSA) is 78.5 Å². The van der Waals surface area contributed by atoms with E-state index in [9.17, 15) is 14.4 Å². The minimum atomic E-state index is -0.366. The summed E-state index contributed by atoms with van der Waals surface area (Å²) >= 11 is 5.83. The van der Waals surface area contributed by atoms with E-state index >= 15 is 0 Å². The number of carbonyl (C=O) groups is 3. The van der Waals surface area contributed by atoms with Crippen molar-refractivity contribution in [3.05, 3.63) is 70.2 Å². The summed E-state index contributed by atoms with van der Waals surface area (Å²) < 4.78 is 0. The molecule has 0 aliphatic heterocycles. The number of rotatable bonds is 6. The fourth-order valence-corrected chi connectivity index (χ4v) is 2.37. The lowest BCUT2D eigenvalue weighted by atomic mass is 10.1. The molecule has 0 bridgehead atoms. The number of nitrogens with one attached hydrogen (secondary N) is 2. The molecule has 0 spiro atoms. The molecule has 0 atom stereocenters. The molecule has 2 aromatic rings. The maximum absolute atomic E-state index is 11.9. The molecule has 136 valence electrons. The minimum Gasteiger partial charge on any atom is -0.350 e. The second-order valence-corrected chi connectivity index (χ2v) is 6.30. The van der Waals surface area contributed by atoms with Gasteiger partial charge in [0.05, 0.1) is 6.54 Å². The molecular weight excluding hydrogens is 354 g/mol. The molecule has 0 aliphatic carbocycles. The van der Waals surface area contributed by atoms with Crippen LogP contribution < -0.4 is 10.6 Å². The van der Waals surface area contributed by atoms with E-state index in [1.807, 2.05) is 0 Å². The zero-order valence-corrected chi connectivity index (χ0v) is 15.3. The van der Waals surface area contributed by atoms with Crippen molar-refractivity contribution < 1.29 is 14.4 Å². The SMILES string of the molecule is CN(C)C(=O)c1ccc(CNC(=O)CNC(=O)c2cccc(Cl)c2)cc1. The molecule has 0 aromatic heterocycles. The van der Waals surface area contributed by atoms with Gasteiger partial charge in [-0.25, -0.2) is 0 Å². The summed E-state index contributed by atoms with van der Waals surface area (Å²) in [5.41, 5.74) is 1.83. The van der Waals surface area contributed by atoms with Gasteiger partial charge in [0.25, 0.3) is 11.8 Å². The quantitative estimate of drug-likeness (QED) is 0.813. The van der Waals surface area contributed by atoms with Gasteiger partial charge in [-0.2, -0.15) is 0 Å². The van der Waals surface area contributed by atoms with E-state index in [0.29, 0.717) is 22.7 Å². The predicted molar refractivity (Wildman–Crippen MR) is 100 cm³/mol. The molecule has 6 nitrogen and oxygen atoms in total. The fraction of sp³-hybridized carbons (Fsp3) is 0.211. The van der Waals surface area contributed by atoms with E-state index < -0.39 is 0 Å². The van der Waals surface area contributed by atoms with Crippen LogP contribution in [0.3, 0.4) is 0 Å². The molecule has 2 N–H and O–H groups in total. The van der Waals surface area contributed by atoms with Gasteiger partial charge in [0.2, 0.25) is 5.91 Å². The number of carbonyl (C=O) groups excluding carboxylic acids is 3. The van der Waals surface area contributed by atoms with Gasteiger partial charge in [-0.05, 0) is 35.9 Å². The lowest BCUT2D eigenvalue weighted by Crippen LogP contribution is -2.36. The highest BCUT2D eigenvalue weighted by atomic mass is 35.5. The summed E-state index contributed by atoms with van der Waals surface area (Å²) in [6.45, 7) is 0.171. The Balaban J connectivity index is 1.80. The molecule has 2 rings (SSSR count). The predicted octanol–water partition coefficient (Wildman–Crippen LogP) is 2.09. The average molecular weight is 374 g/mol. The molecule has 0 heterocycles. The maximum Gasteiger partial charge on any atom is 0.253 e. The number of halogens is 1. The lowest BCUT2D eigenvalue weighted by molar-refractivity contribution is -0.120. The summed E-state index contributed by atoms with van der Waals surface area (Å²) in [6.07, 6.45) is 0. The number of benzene rings is 2. The Hall–Kier alpha value is -2.86. The van der Waals surface area contributed by atoms with E-state index in [4.69, 9.17) is 11.6 Å². The van der Waals surface area contributed by atoms with Crippen LogP contribution in [0.15, 0.2) is 48.5 Å².